The van der Waals surface area contributed by atoms with E-state index >= 15 is 0 Å². The first-order chi connectivity index (χ1) is 8.56. The lowest BCUT2D eigenvalue weighted by Gasteiger charge is -2.11. The lowest BCUT2D eigenvalue weighted by Crippen LogP contribution is -2.28. The highest BCUT2D eigenvalue weighted by Crippen LogP contribution is 2.37. The molecule has 2 heterocycles. The van der Waals surface area contributed by atoms with E-state index < -0.39 is 18.3 Å². The van der Waals surface area contributed by atoms with Crippen molar-refractivity contribution in [2.24, 2.45) is 0 Å². The number of rotatable bonds is 1. The van der Waals surface area contributed by atoms with Gasteiger partial charge in [0.05, 0.1) is 16.3 Å². The number of hydrogen-bond donors (Lipinski definition) is 2. The quantitative estimate of drug-likeness (QED) is 0.843. The number of aliphatic hydroxyl groups excluding tert-OH is 2. The van der Waals surface area contributed by atoms with E-state index in [1.165, 1.54) is 11.3 Å². The molecule has 96 valence electrons. The molecule has 1 aromatic carbocycles. The van der Waals surface area contributed by atoms with Gasteiger partial charge >= 0.3 is 0 Å². The lowest BCUT2D eigenvalue weighted by molar-refractivity contribution is 0.0151. The van der Waals surface area contributed by atoms with Crippen LogP contribution in [-0.4, -0.2) is 33.5 Å². The summed E-state index contributed by atoms with van der Waals surface area (Å²) in [6.07, 6.45) is -2.76. The molecule has 6 heteroatoms. The topological polar surface area (TPSA) is 62.6 Å². The van der Waals surface area contributed by atoms with Gasteiger partial charge in [0.25, 0.3) is 0 Å². The third kappa shape index (κ3) is 1.92. The predicted molar refractivity (Wildman–Crippen MR) is 69.9 cm³/mol. The molecular weight excluding hydrogens is 274 g/mol. The Morgan fingerprint density at radius 3 is 2.78 bits per heavy atom. The molecule has 0 unspecified atom stereocenters. The number of benzene rings is 1. The summed E-state index contributed by atoms with van der Waals surface area (Å²) in [6.45, 7) is 1.73. The van der Waals surface area contributed by atoms with Crippen molar-refractivity contribution >= 4 is 33.2 Å². The van der Waals surface area contributed by atoms with Crippen LogP contribution >= 0.6 is 22.9 Å². The summed E-state index contributed by atoms with van der Waals surface area (Å²) >= 11 is 7.35. The Bertz CT molecular complexity index is 588. The average molecular weight is 286 g/mol. The number of ether oxygens (including phenoxy) is 1. The molecule has 0 bridgehead atoms. The molecule has 0 saturated carbocycles. The molecule has 3 rings (SSSR count). The molecule has 1 aliphatic rings. The fraction of sp³-hybridized carbons (Fsp3) is 0.417. The molecule has 2 N–H and O–H groups in total. The van der Waals surface area contributed by atoms with Gasteiger partial charge in [0.1, 0.15) is 23.3 Å². The summed E-state index contributed by atoms with van der Waals surface area (Å²) in [4.78, 5) is 4.42. The second-order valence-corrected chi connectivity index (χ2v) is 5.91. The summed E-state index contributed by atoms with van der Waals surface area (Å²) < 4.78 is 6.49. The Balaban J connectivity index is 2.00. The molecule has 4 nitrogen and oxygen atoms in total. The first kappa shape index (κ1) is 12.3. The molecule has 1 aromatic heterocycles. The highest BCUT2D eigenvalue weighted by Gasteiger charge is 2.42. The van der Waals surface area contributed by atoms with Gasteiger partial charge in [-0.15, -0.1) is 11.3 Å². The Hall–Kier alpha value is -0.720. The van der Waals surface area contributed by atoms with Crippen LogP contribution in [0.2, 0.25) is 5.02 Å². The number of hydrogen-bond acceptors (Lipinski definition) is 5. The van der Waals surface area contributed by atoms with Crippen molar-refractivity contribution in [3.05, 3.63) is 28.2 Å². The highest BCUT2D eigenvalue weighted by molar-refractivity contribution is 7.18. The summed E-state index contributed by atoms with van der Waals surface area (Å²) in [6, 6.07) is 5.44. The van der Waals surface area contributed by atoms with Crippen LogP contribution in [0.4, 0.5) is 0 Å². The minimum atomic E-state index is -0.934. The summed E-state index contributed by atoms with van der Waals surface area (Å²) in [5, 5.41) is 20.9. The maximum atomic E-state index is 9.93. The van der Waals surface area contributed by atoms with Gasteiger partial charge in [0.2, 0.25) is 0 Å². The first-order valence-corrected chi connectivity index (χ1v) is 6.83. The van der Waals surface area contributed by atoms with Crippen LogP contribution in [0.25, 0.3) is 10.2 Å². The third-order valence-electron chi connectivity index (χ3n) is 3.11. The molecular formula is C12H12ClNO3S. The second-order valence-electron chi connectivity index (χ2n) is 4.41. The van der Waals surface area contributed by atoms with Crippen LogP contribution in [0.15, 0.2) is 18.2 Å². The molecule has 1 aliphatic heterocycles. The van der Waals surface area contributed by atoms with Crippen LogP contribution in [0, 0.1) is 0 Å². The zero-order chi connectivity index (χ0) is 12.9. The molecule has 4 atom stereocenters. The van der Waals surface area contributed by atoms with Gasteiger partial charge in [0.15, 0.2) is 0 Å². The van der Waals surface area contributed by atoms with Gasteiger partial charge in [-0.2, -0.15) is 0 Å². The Kier molecular flexibility index (Phi) is 3.03. The van der Waals surface area contributed by atoms with E-state index in [-0.39, 0.29) is 6.10 Å². The largest absolute Gasteiger partial charge is 0.388 e. The van der Waals surface area contributed by atoms with Gasteiger partial charge in [-0.05, 0) is 25.1 Å². The molecule has 0 amide bonds. The van der Waals surface area contributed by atoms with Gasteiger partial charge in [0, 0.05) is 5.02 Å². The van der Waals surface area contributed by atoms with E-state index in [4.69, 9.17) is 16.3 Å². The van der Waals surface area contributed by atoms with Crippen molar-refractivity contribution in [2.75, 3.05) is 0 Å². The molecule has 2 aromatic rings. The highest BCUT2D eigenvalue weighted by atomic mass is 35.5. The van der Waals surface area contributed by atoms with Gasteiger partial charge in [-0.25, -0.2) is 4.98 Å². The van der Waals surface area contributed by atoms with Crippen LogP contribution in [0.1, 0.15) is 18.0 Å². The summed E-state index contributed by atoms with van der Waals surface area (Å²) in [5.41, 5.74) is 0.823. The Morgan fingerprint density at radius 1 is 1.33 bits per heavy atom. The van der Waals surface area contributed by atoms with Crippen molar-refractivity contribution in [3.63, 3.8) is 0 Å². The SMILES string of the molecule is C[C@H]1O[C@@H](c2nc3ccc(Cl)cc3s2)[C@H](O)[C@@H]1O. The van der Waals surface area contributed by atoms with E-state index in [0.29, 0.717) is 10.0 Å². The summed E-state index contributed by atoms with van der Waals surface area (Å²) in [5.74, 6) is 0. The van der Waals surface area contributed by atoms with Crippen LogP contribution in [0.5, 0.6) is 0 Å². The van der Waals surface area contributed by atoms with Crippen LogP contribution in [0.3, 0.4) is 0 Å². The third-order valence-corrected chi connectivity index (χ3v) is 4.43. The van der Waals surface area contributed by atoms with Crippen molar-refractivity contribution in [1.29, 1.82) is 0 Å². The Morgan fingerprint density at radius 2 is 2.11 bits per heavy atom. The molecule has 0 radical (unpaired) electrons. The maximum absolute atomic E-state index is 9.93. The number of thiazole rings is 1. The predicted octanol–water partition coefficient (Wildman–Crippen LogP) is 2.13. The van der Waals surface area contributed by atoms with Gasteiger partial charge in [-0.3, -0.25) is 0 Å². The van der Waals surface area contributed by atoms with E-state index in [9.17, 15) is 10.2 Å². The minimum Gasteiger partial charge on any atom is -0.388 e. The van der Waals surface area contributed by atoms with E-state index in [0.717, 1.165) is 10.2 Å². The van der Waals surface area contributed by atoms with Crippen molar-refractivity contribution < 1.29 is 14.9 Å². The monoisotopic (exact) mass is 285 g/mol. The maximum Gasteiger partial charge on any atom is 0.138 e. The molecule has 18 heavy (non-hydrogen) atoms. The van der Waals surface area contributed by atoms with Crippen LogP contribution < -0.4 is 0 Å². The number of halogens is 1. The fourth-order valence-corrected chi connectivity index (χ4v) is 3.41. The second kappa shape index (κ2) is 4.43. The minimum absolute atomic E-state index is 0.388. The van der Waals surface area contributed by atoms with E-state index in [1.807, 2.05) is 12.1 Å². The number of aliphatic hydroxyl groups is 2. The van der Waals surface area contributed by atoms with Gasteiger partial charge < -0.3 is 14.9 Å². The smallest absolute Gasteiger partial charge is 0.138 e. The number of fused-ring (bicyclic) bond motifs is 1. The molecule has 0 aliphatic carbocycles. The first-order valence-electron chi connectivity index (χ1n) is 5.64. The van der Waals surface area contributed by atoms with Crippen molar-refractivity contribution in [3.8, 4) is 0 Å². The standard InChI is InChI=1S/C12H12ClNO3S/c1-5-9(15)10(16)11(17-5)12-14-7-3-2-6(13)4-8(7)18-12/h2-5,9-11,15-16H,1H3/t5-,9-,10-,11-/m1/s1. The number of nitrogens with zero attached hydrogens (tertiary/aromatic N) is 1. The zero-order valence-corrected chi connectivity index (χ0v) is 11.1. The normalized spacial score (nSPS) is 32.2. The number of aromatic nitrogens is 1. The molecule has 0 spiro atoms. The van der Waals surface area contributed by atoms with E-state index in [2.05, 4.69) is 4.98 Å². The average Bonchev–Trinajstić information content (AvgIpc) is 2.85. The lowest BCUT2D eigenvalue weighted by atomic mass is 10.1. The van der Waals surface area contributed by atoms with E-state index in [1.54, 1.807) is 13.0 Å². The summed E-state index contributed by atoms with van der Waals surface area (Å²) in [7, 11) is 0. The van der Waals surface area contributed by atoms with Crippen LogP contribution in [-0.2, 0) is 4.74 Å². The zero-order valence-electron chi connectivity index (χ0n) is 9.58. The van der Waals surface area contributed by atoms with Crippen molar-refractivity contribution in [1.82, 2.24) is 4.98 Å². The van der Waals surface area contributed by atoms with Gasteiger partial charge in [-0.1, -0.05) is 11.6 Å². The fourth-order valence-electron chi connectivity index (χ4n) is 2.09. The molecule has 1 fully saturated rings. The Labute approximate surface area is 113 Å². The molecule has 1 saturated heterocycles. The van der Waals surface area contributed by atoms with Crippen molar-refractivity contribution in [2.45, 2.75) is 31.3 Å².